The second-order valence-corrected chi connectivity index (χ2v) is 7.12. The normalized spacial score (nSPS) is 33.9. The number of halogens is 3. The Balaban J connectivity index is 1.40. The third-order valence-electron chi connectivity index (χ3n) is 5.67. The molecular formula is C17H17F3N4O. The lowest BCUT2D eigenvalue weighted by molar-refractivity contribution is -0.0283. The van der Waals surface area contributed by atoms with Gasteiger partial charge < -0.3 is 5.11 Å². The van der Waals surface area contributed by atoms with Gasteiger partial charge in [-0.2, -0.15) is 5.10 Å². The van der Waals surface area contributed by atoms with Crippen molar-refractivity contribution in [1.82, 2.24) is 19.7 Å². The number of fused-ring (bicyclic) bond motifs is 2. The van der Waals surface area contributed by atoms with E-state index in [1.54, 1.807) is 4.90 Å². The van der Waals surface area contributed by atoms with E-state index in [0.717, 1.165) is 5.56 Å². The number of aliphatic hydroxyl groups is 1. The predicted molar refractivity (Wildman–Crippen MR) is 81.5 cm³/mol. The van der Waals surface area contributed by atoms with E-state index in [9.17, 15) is 18.3 Å². The fourth-order valence-electron chi connectivity index (χ4n) is 4.16. The van der Waals surface area contributed by atoms with Crippen LogP contribution in [0.2, 0.25) is 0 Å². The van der Waals surface area contributed by atoms with Gasteiger partial charge in [-0.15, -0.1) is 0 Å². The number of aromatic nitrogens is 3. The van der Waals surface area contributed by atoms with Crippen molar-refractivity contribution in [2.45, 2.75) is 30.8 Å². The number of benzene rings is 1. The van der Waals surface area contributed by atoms with E-state index in [-0.39, 0.29) is 37.2 Å². The third kappa shape index (κ3) is 2.17. The van der Waals surface area contributed by atoms with Gasteiger partial charge in [0.2, 0.25) is 0 Å². The van der Waals surface area contributed by atoms with Crippen LogP contribution in [0.15, 0.2) is 30.3 Å². The Hall–Kier alpha value is -1.93. The summed E-state index contributed by atoms with van der Waals surface area (Å²) in [6.07, 6.45) is -2.17. The maximum absolute atomic E-state index is 14.4. The molecule has 1 saturated heterocycles. The Morgan fingerprint density at radius 3 is 2.52 bits per heavy atom. The Morgan fingerprint density at radius 2 is 1.84 bits per heavy atom. The van der Waals surface area contributed by atoms with Crippen molar-refractivity contribution in [3.8, 4) is 0 Å². The number of piperidine rings is 1. The lowest BCUT2D eigenvalue weighted by Crippen LogP contribution is -2.32. The van der Waals surface area contributed by atoms with E-state index in [0.29, 0.717) is 0 Å². The van der Waals surface area contributed by atoms with Crippen molar-refractivity contribution in [3.05, 3.63) is 47.5 Å². The van der Waals surface area contributed by atoms with Crippen LogP contribution in [0.1, 0.15) is 42.1 Å². The van der Waals surface area contributed by atoms with E-state index < -0.39 is 30.2 Å². The van der Waals surface area contributed by atoms with Crippen molar-refractivity contribution in [2.75, 3.05) is 13.1 Å². The molecule has 2 fully saturated rings. The summed E-state index contributed by atoms with van der Waals surface area (Å²) in [6.45, 7) is 0.230. The second kappa shape index (κ2) is 5.04. The quantitative estimate of drug-likeness (QED) is 0.924. The molecule has 132 valence electrons. The number of alkyl halides is 3. The van der Waals surface area contributed by atoms with Crippen LogP contribution in [0, 0.1) is 11.8 Å². The fourth-order valence-corrected chi connectivity index (χ4v) is 4.16. The zero-order chi connectivity index (χ0) is 17.3. The lowest BCUT2D eigenvalue weighted by atomic mass is 10.0. The smallest absolute Gasteiger partial charge is 0.257 e. The van der Waals surface area contributed by atoms with Gasteiger partial charge in [0.1, 0.15) is 0 Å². The summed E-state index contributed by atoms with van der Waals surface area (Å²) >= 11 is 0. The third-order valence-corrected chi connectivity index (χ3v) is 5.67. The summed E-state index contributed by atoms with van der Waals surface area (Å²) in [5.41, 5.74) is 0.928. The summed E-state index contributed by atoms with van der Waals surface area (Å²) in [6, 6.07) is 9.18. The molecule has 2 aliphatic heterocycles. The van der Waals surface area contributed by atoms with Crippen LogP contribution in [-0.2, 0) is 0 Å². The molecule has 25 heavy (non-hydrogen) atoms. The maximum Gasteiger partial charge on any atom is 0.257 e. The largest absolute Gasteiger partial charge is 0.371 e. The molecule has 1 N–H and O–H groups in total. The van der Waals surface area contributed by atoms with Gasteiger partial charge in [-0.3, -0.25) is 4.90 Å². The molecule has 1 aromatic carbocycles. The summed E-state index contributed by atoms with van der Waals surface area (Å²) < 4.78 is 42.5. The van der Waals surface area contributed by atoms with Gasteiger partial charge in [-0.1, -0.05) is 30.3 Å². The Kier molecular flexibility index (Phi) is 3.09. The first-order chi connectivity index (χ1) is 12.0. The summed E-state index contributed by atoms with van der Waals surface area (Å²) in [4.78, 5) is 5.71. The Morgan fingerprint density at radius 1 is 1.16 bits per heavy atom. The number of aliphatic hydroxyl groups excluding tert-OH is 1. The van der Waals surface area contributed by atoms with Crippen LogP contribution in [0.5, 0.6) is 0 Å². The molecule has 2 aromatic rings. The van der Waals surface area contributed by atoms with Crippen molar-refractivity contribution in [3.63, 3.8) is 0 Å². The monoisotopic (exact) mass is 350 g/mol. The molecule has 3 unspecified atom stereocenters. The fraction of sp³-hybridized carbons (Fsp3) is 0.529. The maximum atomic E-state index is 14.4. The predicted octanol–water partition coefficient (Wildman–Crippen LogP) is 2.47. The number of nitrogens with zero attached hydrogens (tertiary/aromatic N) is 4. The standard InChI is InChI=1S/C17H17F3N4O/c18-12-6-13(9-4-2-1-3-5-9)24-15(12)21-14(22-24)16(25)23-7-10-11(8-23)17(10,19)20/h1-5,10-13,16,25H,6-8H2/t10?,11?,12-,13-,16?/m1/s1. The van der Waals surface area contributed by atoms with Crippen LogP contribution in [0.3, 0.4) is 0 Å². The van der Waals surface area contributed by atoms with E-state index in [2.05, 4.69) is 10.1 Å². The zero-order valence-electron chi connectivity index (χ0n) is 13.3. The number of hydrogen-bond acceptors (Lipinski definition) is 4. The molecule has 1 saturated carbocycles. The highest BCUT2D eigenvalue weighted by Crippen LogP contribution is 2.60. The summed E-state index contributed by atoms with van der Waals surface area (Å²) in [5.74, 6) is -3.71. The van der Waals surface area contributed by atoms with Crippen LogP contribution < -0.4 is 0 Å². The summed E-state index contributed by atoms with van der Waals surface area (Å²) in [7, 11) is 0. The van der Waals surface area contributed by atoms with E-state index in [1.807, 2.05) is 30.3 Å². The molecule has 3 aliphatic rings. The minimum Gasteiger partial charge on any atom is -0.371 e. The molecule has 0 spiro atoms. The van der Waals surface area contributed by atoms with Gasteiger partial charge in [0, 0.05) is 31.3 Å². The number of rotatable bonds is 3. The minimum absolute atomic E-state index is 0.0860. The van der Waals surface area contributed by atoms with Crippen molar-refractivity contribution in [2.24, 2.45) is 11.8 Å². The Bertz CT molecular complexity index is 797. The van der Waals surface area contributed by atoms with Crippen molar-refractivity contribution in [1.29, 1.82) is 0 Å². The van der Waals surface area contributed by atoms with Gasteiger partial charge in [0.15, 0.2) is 24.0 Å². The van der Waals surface area contributed by atoms with E-state index in [4.69, 9.17) is 0 Å². The number of likely N-dealkylation sites (tertiary alicyclic amines) is 1. The molecule has 1 aromatic heterocycles. The SMILES string of the molecule is OC(c1nc2n(n1)[C@@H](c1ccccc1)C[C@H]2F)N1CC2C(C1)C2(F)F. The first-order valence-electron chi connectivity index (χ1n) is 8.42. The van der Waals surface area contributed by atoms with Crippen LogP contribution >= 0.6 is 0 Å². The van der Waals surface area contributed by atoms with Gasteiger partial charge in [-0.05, 0) is 5.56 Å². The first-order valence-corrected chi connectivity index (χ1v) is 8.42. The van der Waals surface area contributed by atoms with Crippen molar-refractivity contribution >= 4 is 0 Å². The topological polar surface area (TPSA) is 54.2 Å². The zero-order valence-corrected chi connectivity index (χ0v) is 13.3. The molecule has 5 nitrogen and oxygen atoms in total. The van der Waals surface area contributed by atoms with Gasteiger partial charge in [0.25, 0.3) is 5.92 Å². The highest BCUT2D eigenvalue weighted by atomic mass is 19.3. The van der Waals surface area contributed by atoms with Gasteiger partial charge in [-0.25, -0.2) is 22.8 Å². The van der Waals surface area contributed by atoms with Gasteiger partial charge >= 0.3 is 0 Å². The lowest BCUT2D eigenvalue weighted by Gasteiger charge is -2.23. The molecule has 5 rings (SSSR count). The van der Waals surface area contributed by atoms with E-state index >= 15 is 0 Å². The molecule has 8 heteroatoms. The molecule has 0 bridgehead atoms. The average Bonchev–Trinajstić information content (AvgIpc) is 3.12. The van der Waals surface area contributed by atoms with Crippen molar-refractivity contribution < 1.29 is 18.3 Å². The number of hydrogen-bond donors (Lipinski definition) is 1. The minimum atomic E-state index is -2.61. The molecule has 1 aliphatic carbocycles. The van der Waals surface area contributed by atoms with Gasteiger partial charge in [0.05, 0.1) is 6.04 Å². The first kappa shape index (κ1) is 15.3. The molecule has 0 radical (unpaired) electrons. The van der Waals surface area contributed by atoms with Crippen LogP contribution in [0.4, 0.5) is 13.2 Å². The van der Waals surface area contributed by atoms with Crippen LogP contribution in [0.25, 0.3) is 0 Å². The van der Waals surface area contributed by atoms with Crippen LogP contribution in [-0.4, -0.2) is 43.8 Å². The summed E-state index contributed by atoms with van der Waals surface area (Å²) in [5, 5.41) is 14.8. The second-order valence-electron chi connectivity index (χ2n) is 7.12. The van der Waals surface area contributed by atoms with E-state index in [1.165, 1.54) is 4.68 Å². The highest BCUT2D eigenvalue weighted by Gasteiger charge is 2.72. The average molecular weight is 350 g/mol. The molecule has 3 heterocycles. The molecule has 0 amide bonds. The Labute approximate surface area is 142 Å². The molecular weight excluding hydrogens is 333 g/mol. The molecule has 5 atom stereocenters. The highest BCUT2D eigenvalue weighted by molar-refractivity contribution is 5.24.